The Morgan fingerprint density at radius 2 is 1.71 bits per heavy atom. The molecule has 5 rings (SSSR count). The molecule has 0 fully saturated rings. The van der Waals surface area contributed by atoms with Crippen LogP contribution >= 0.6 is 0 Å². The number of amides is 3. The number of nitrogens with zero attached hydrogens (tertiary/aromatic N) is 5. The lowest BCUT2D eigenvalue weighted by Gasteiger charge is -2.21. The van der Waals surface area contributed by atoms with Gasteiger partial charge in [0, 0.05) is 24.1 Å². The molecule has 1 aliphatic heterocycles. The van der Waals surface area contributed by atoms with E-state index in [1.165, 1.54) is 13.3 Å². The lowest BCUT2D eigenvalue weighted by atomic mass is 10.1. The highest BCUT2D eigenvalue weighted by Gasteiger charge is 2.40. The van der Waals surface area contributed by atoms with E-state index < -0.39 is 23.8 Å². The van der Waals surface area contributed by atoms with E-state index in [0.29, 0.717) is 34.3 Å². The summed E-state index contributed by atoms with van der Waals surface area (Å²) >= 11 is 0. The summed E-state index contributed by atoms with van der Waals surface area (Å²) in [5.41, 5.74) is 1.09. The lowest BCUT2D eigenvalue weighted by Crippen LogP contribution is -2.45. The van der Waals surface area contributed by atoms with Crippen LogP contribution in [0.3, 0.4) is 0 Å². The normalized spacial score (nSPS) is 13.5. The van der Waals surface area contributed by atoms with Gasteiger partial charge < -0.3 is 10.1 Å². The lowest BCUT2D eigenvalue weighted by molar-refractivity contribution is -0.119. The minimum Gasteiger partial charge on any atom is -0.439 e. The second-order valence-electron chi connectivity index (χ2n) is 7.50. The predicted molar refractivity (Wildman–Crippen MR) is 121 cm³/mol. The van der Waals surface area contributed by atoms with Gasteiger partial charge in [0.05, 0.1) is 11.1 Å². The van der Waals surface area contributed by atoms with Crippen LogP contribution in [0.4, 0.5) is 5.69 Å². The van der Waals surface area contributed by atoms with Crippen LogP contribution in [0, 0.1) is 0 Å². The summed E-state index contributed by atoms with van der Waals surface area (Å²) in [4.78, 5) is 51.2. The van der Waals surface area contributed by atoms with E-state index in [9.17, 15) is 14.4 Å². The zero-order chi connectivity index (χ0) is 23.7. The van der Waals surface area contributed by atoms with E-state index in [2.05, 4.69) is 20.3 Å². The first-order valence-electron chi connectivity index (χ1n) is 10.4. The number of nitrogens with one attached hydrogen (secondary N) is 1. The van der Waals surface area contributed by atoms with Crippen LogP contribution in [0.15, 0.2) is 79.6 Å². The Hall–Kier alpha value is -4.86. The minimum absolute atomic E-state index is 0.301. The van der Waals surface area contributed by atoms with Crippen LogP contribution in [0.2, 0.25) is 0 Å². The fraction of sp³-hybridized carbons (Fsp3) is 0.0833. The van der Waals surface area contributed by atoms with Crippen molar-refractivity contribution < 1.29 is 19.1 Å². The molecular formula is C24H18N6O4. The van der Waals surface area contributed by atoms with E-state index in [4.69, 9.17) is 4.74 Å². The molecule has 0 saturated heterocycles. The first kappa shape index (κ1) is 21.0. The van der Waals surface area contributed by atoms with Gasteiger partial charge in [0.1, 0.15) is 30.3 Å². The van der Waals surface area contributed by atoms with E-state index in [1.807, 2.05) is 0 Å². The minimum atomic E-state index is -0.981. The molecule has 2 aromatic heterocycles. The van der Waals surface area contributed by atoms with Crippen LogP contribution in [0.5, 0.6) is 11.6 Å². The second kappa shape index (κ2) is 8.58. The first-order valence-corrected chi connectivity index (χ1v) is 10.4. The molecule has 3 amide bonds. The fourth-order valence-corrected chi connectivity index (χ4v) is 3.57. The number of hydrogen-bond donors (Lipinski definition) is 1. The maximum absolute atomic E-state index is 12.8. The largest absolute Gasteiger partial charge is 0.439 e. The molecule has 1 unspecified atom stereocenters. The zero-order valence-electron chi connectivity index (χ0n) is 18.0. The number of rotatable bonds is 6. The number of anilines is 1. The predicted octanol–water partition coefficient (Wildman–Crippen LogP) is 3.08. The third-order valence-electron chi connectivity index (χ3n) is 5.33. The summed E-state index contributed by atoms with van der Waals surface area (Å²) in [6, 6.07) is 13.9. The molecule has 4 aromatic rings. The summed E-state index contributed by atoms with van der Waals surface area (Å²) in [5.74, 6) is 0.00714. The molecule has 10 nitrogen and oxygen atoms in total. The van der Waals surface area contributed by atoms with Gasteiger partial charge in [-0.1, -0.05) is 12.1 Å². The number of hydrogen-bond acceptors (Lipinski definition) is 7. The Morgan fingerprint density at radius 1 is 1.00 bits per heavy atom. The topological polar surface area (TPSA) is 119 Å². The molecular weight excluding hydrogens is 436 g/mol. The second-order valence-corrected chi connectivity index (χ2v) is 7.50. The summed E-state index contributed by atoms with van der Waals surface area (Å²) in [5, 5.41) is 2.73. The molecule has 168 valence electrons. The van der Waals surface area contributed by atoms with Gasteiger partial charge in [-0.15, -0.1) is 0 Å². The van der Waals surface area contributed by atoms with Crippen LogP contribution in [0.1, 0.15) is 27.6 Å². The molecule has 2 aromatic carbocycles. The van der Waals surface area contributed by atoms with Crippen molar-refractivity contribution >= 4 is 23.4 Å². The number of benzene rings is 2. The number of carbonyl (C=O) groups excluding carboxylic acids is 3. The van der Waals surface area contributed by atoms with E-state index in [-0.39, 0.29) is 0 Å². The van der Waals surface area contributed by atoms with E-state index in [0.717, 1.165) is 4.90 Å². The standard InChI is InChI=1S/C24H18N6O4/c1-15(30-23(32)18-4-2-3-5-19(18)24(30)33)22(31)28-16-6-8-17(9-7-16)34-21-12-20(26-13-27-21)29-11-10-25-14-29/h2-15H,1H3,(H,28,31). The van der Waals surface area contributed by atoms with Crippen molar-refractivity contribution in [2.75, 3.05) is 5.32 Å². The Bertz CT molecular complexity index is 1350. The average Bonchev–Trinajstić information content (AvgIpc) is 3.48. The fourth-order valence-electron chi connectivity index (χ4n) is 3.57. The smallest absolute Gasteiger partial charge is 0.262 e. The first-order chi connectivity index (χ1) is 16.5. The highest BCUT2D eigenvalue weighted by atomic mass is 16.5. The molecule has 1 atom stereocenters. The van der Waals surface area contributed by atoms with Crippen molar-refractivity contribution in [2.45, 2.75) is 13.0 Å². The van der Waals surface area contributed by atoms with Crippen molar-refractivity contribution in [1.82, 2.24) is 24.4 Å². The van der Waals surface area contributed by atoms with Crippen molar-refractivity contribution in [2.24, 2.45) is 0 Å². The van der Waals surface area contributed by atoms with E-state index in [1.54, 1.807) is 77.9 Å². The van der Waals surface area contributed by atoms with Gasteiger partial charge in [-0.2, -0.15) is 0 Å². The number of fused-ring (bicyclic) bond motifs is 1. The number of imide groups is 1. The summed E-state index contributed by atoms with van der Waals surface area (Å²) in [6.07, 6.45) is 6.41. The molecule has 0 bridgehead atoms. The highest BCUT2D eigenvalue weighted by Crippen LogP contribution is 2.26. The Balaban J connectivity index is 1.24. The molecule has 1 N–H and O–H groups in total. The molecule has 34 heavy (non-hydrogen) atoms. The van der Waals surface area contributed by atoms with Crippen LogP contribution in [-0.2, 0) is 4.79 Å². The summed E-state index contributed by atoms with van der Waals surface area (Å²) in [7, 11) is 0. The van der Waals surface area contributed by atoms with Crippen molar-refractivity contribution in [3.8, 4) is 17.4 Å². The Labute approximate surface area is 193 Å². The molecule has 0 radical (unpaired) electrons. The summed E-state index contributed by atoms with van der Waals surface area (Å²) < 4.78 is 7.50. The monoisotopic (exact) mass is 454 g/mol. The Kier molecular flexibility index (Phi) is 5.30. The molecule has 0 aliphatic carbocycles. The van der Waals surface area contributed by atoms with Crippen molar-refractivity contribution in [3.05, 3.63) is 90.8 Å². The molecule has 10 heteroatoms. The molecule has 0 saturated carbocycles. The van der Waals surface area contributed by atoms with Gasteiger partial charge in [-0.3, -0.25) is 23.9 Å². The van der Waals surface area contributed by atoms with Crippen LogP contribution < -0.4 is 10.1 Å². The van der Waals surface area contributed by atoms with Crippen LogP contribution in [-0.4, -0.2) is 48.2 Å². The zero-order valence-corrected chi connectivity index (χ0v) is 18.0. The maximum Gasteiger partial charge on any atom is 0.262 e. The third-order valence-corrected chi connectivity index (χ3v) is 5.33. The molecule has 3 heterocycles. The average molecular weight is 454 g/mol. The van der Waals surface area contributed by atoms with E-state index >= 15 is 0 Å². The number of aromatic nitrogens is 4. The SMILES string of the molecule is CC(C(=O)Nc1ccc(Oc2cc(-n3ccnc3)ncn2)cc1)N1C(=O)c2ccccc2C1=O. The van der Waals surface area contributed by atoms with Gasteiger partial charge in [-0.25, -0.2) is 15.0 Å². The van der Waals surface area contributed by atoms with Gasteiger partial charge in [0.2, 0.25) is 11.8 Å². The number of carbonyl (C=O) groups is 3. The quantitative estimate of drug-likeness (QED) is 0.445. The van der Waals surface area contributed by atoms with Gasteiger partial charge in [-0.05, 0) is 43.3 Å². The maximum atomic E-state index is 12.8. The Morgan fingerprint density at radius 3 is 2.35 bits per heavy atom. The number of ether oxygens (including phenoxy) is 1. The molecule has 0 spiro atoms. The summed E-state index contributed by atoms with van der Waals surface area (Å²) in [6.45, 7) is 1.52. The molecule has 1 aliphatic rings. The number of imidazole rings is 1. The third kappa shape index (κ3) is 3.88. The van der Waals surface area contributed by atoms with Gasteiger partial charge in [0.15, 0.2) is 0 Å². The van der Waals surface area contributed by atoms with Crippen molar-refractivity contribution in [3.63, 3.8) is 0 Å². The highest BCUT2D eigenvalue weighted by molar-refractivity contribution is 6.23. The van der Waals surface area contributed by atoms with Crippen LogP contribution in [0.25, 0.3) is 5.82 Å². The van der Waals surface area contributed by atoms with Gasteiger partial charge in [0.25, 0.3) is 11.8 Å². The van der Waals surface area contributed by atoms with Gasteiger partial charge >= 0.3 is 0 Å². The van der Waals surface area contributed by atoms with Crippen molar-refractivity contribution in [1.29, 1.82) is 0 Å².